The third-order valence-corrected chi connectivity index (χ3v) is 4.75. The Morgan fingerprint density at radius 3 is 2.57 bits per heavy atom. The molecule has 3 N–H and O–H groups in total. The van der Waals surface area contributed by atoms with Gasteiger partial charge in [0.1, 0.15) is 17.3 Å². The molecule has 3 rings (SSSR count). The maximum Gasteiger partial charge on any atom is 0.432 e. The first-order valence-corrected chi connectivity index (χ1v) is 10.7. The van der Waals surface area contributed by atoms with Crippen molar-refractivity contribution in [2.24, 2.45) is 0 Å². The summed E-state index contributed by atoms with van der Waals surface area (Å²) in [6.07, 6.45) is -3.38. The minimum atomic E-state index is -4.57. The number of aromatic amines is 1. The number of anilines is 1. The largest absolute Gasteiger partial charge is 0.491 e. The maximum absolute atomic E-state index is 12.9. The van der Waals surface area contributed by atoms with Gasteiger partial charge in [-0.05, 0) is 48.9 Å². The van der Waals surface area contributed by atoms with E-state index in [0.29, 0.717) is 35.3 Å². The Kier molecular flexibility index (Phi) is 8.39. The Labute approximate surface area is 204 Å². The van der Waals surface area contributed by atoms with Crippen molar-refractivity contribution in [3.05, 3.63) is 64.9 Å². The number of hydrogen-bond acceptors (Lipinski definition) is 4. The highest BCUT2D eigenvalue weighted by molar-refractivity contribution is 6.30. The van der Waals surface area contributed by atoms with Gasteiger partial charge in [-0.2, -0.15) is 13.2 Å². The van der Waals surface area contributed by atoms with Gasteiger partial charge < -0.3 is 20.4 Å². The third kappa shape index (κ3) is 7.79. The molecule has 0 fully saturated rings. The monoisotopic (exact) mass is 504 g/mol. The number of alkyl halides is 3. The molecule has 0 spiro atoms. The molecule has 2 amide bonds. The van der Waals surface area contributed by atoms with E-state index in [1.807, 2.05) is 0 Å². The molecule has 1 aromatic heterocycles. The Hall–Kier alpha value is -3.97. The van der Waals surface area contributed by atoms with E-state index in [0.717, 1.165) is 0 Å². The van der Waals surface area contributed by atoms with Gasteiger partial charge >= 0.3 is 12.1 Å². The Balaban J connectivity index is 1.81. The smallest absolute Gasteiger partial charge is 0.432 e. The highest BCUT2D eigenvalue weighted by Gasteiger charge is 2.33. The second kappa shape index (κ2) is 11.4. The highest BCUT2D eigenvalue weighted by Crippen LogP contribution is 2.32. The number of carbonyl (C=O) groups is 2. The molecule has 0 saturated heterocycles. The molecule has 7 nitrogen and oxygen atoms in total. The van der Waals surface area contributed by atoms with Crippen molar-refractivity contribution in [3.63, 3.8) is 0 Å². The molecule has 182 valence electrons. The van der Waals surface area contributed by atoms with Crippen LogP contribution < -0.4 is 15.4 Å². The summed E-state index contributed by atoms with van der Waals surface area (Å²) in [7, 11) is 0. The second-order valence-electron chi connectivity index (χ2n) is 7.25. The Morgan fingerprint density at radius 1 is 1.17 bits per heavy atom. The van der Waals surface area contributed by atoms with Gasteiger partial charge in [-0.3, -0.25) is 9.59 Å². The maximum atomic E-state index is 12.9. The van der Waals surface area contributed by atoms with Crippen molar-refractivity contribution in [1.82, 2.24) is 15.3 Å². The number of nitrogens with zero attached hydrogens (tertiary/aromatic N) is 1. The lowest BCUT2D eigenvalue weighted by Gasteiger charge is -2.13. The van der Waals surface area contributed by atoms with Gasteiger partial charge in [0.05, 0.1) is 18.5 Å². The van der Waals surface area contributed by atoms with E-state index in [2.05, 4.69) is 32.4 Å². The summed E-state index contributed by atoms with van der Waals surface area (Å²) in [6.45, 7) is 2.02. The van der Waals surface area contributed by atoms with Gasteiger partial charge in [0, 0.05) is 35.5 Å². The van der Waals surface area contributed by atoms with Gasteiger partial charge in [0.2, 0.25) is 5.91 Å². The fourth-order valence-electron chi connectivity index (χ4n) is 2.85. The number of imidazole rings is 1. The van der Waals surface area contributed by atoms with E-state index in [1.165, 1.54) is 25.1 Å². The zero-order valence-corrected chi connectivity index (χ0v) is 19.2. The number of H-pyrrole nitrogens is 1. The van der Waals surface area contributed by atoms with E-state index in [-0.39, 0.29) is 29.8 Å². The zero-order valence-electron chi connectivity index (χ0n) is 18.4. The lowest BCUT2D eigenvalue weighted by molar-refractivity contribution is -0.140. The summed E-state index contributed by atoms with van der Waals surface area (Å²) in [4.78, 5) is 29.4. The SMILES string of the molecule is CC(=O)NCCCOc1ccc(-c2ncc(C(F)(F)F)[nH]2)cc1NC(=O)C#Cc1ccc(Cl)cc1. The predicted molar refractivity (Wildman–Crippen MR) is 125 cm³/mol. The number of ether oxygens (including phenoxy) is 1. The first-order chi connectivity index (χ1) is 16.6. The molecule has 0 atom stereocenters. The minimum absolute atomic E-state index is 0.0303. The van der Waals surface area contributed by atoms with E-state index >= 15 is 0 Å². The second-order valence-corrected chi connectivity index (χ2v) is 7.69. The molecule has 1 heterocycles. The minimum Gasteiger partial charge on any atom is -0.491 e. The molecule has 0 aliphatic carbocycles. The standard InChI is InChI=1S/C24H20ClF3N4O3/c1-15(33)29-11-2-12-35-20-9-6-17(23-30-14-21(32-23)24(26,27)28)13-19(20)31-22(34)10-5-16-3-7-18(25)8-4-16/h3-4,6-9,13-14H,2,11-12H2,1H3,(H,29,33)(H,30,32)(H,31,34). The van der Waals surface area contributed by atoms with Crippen LogP contribution in [0.2, 0.25) is 5.02 Å². The number of aromatic nitrogens is 2. The summed E-state index contributed by atoms with van der Waals surface area (Å²) in [5, 5.41) is 5.77. The van der Waals surface area contributed by atoms with Crippen LogP contribution in [-0.4, -0.2) is 34.9 Å². The van der Waals surface area contributed by atoms with Crippen LogP contribution in [0.25, 0.3) is 11.4 Å². The quantitative estimate of drug-likeness (QED) is 0.322. The average Bonchev–Trinajstić information content (AvgIpc) is 3.30. The number of rotatable bonds is 7. The molecule has 0 aliphatic heterocycles. The lowest BCUT2D eigenvalue weighted by Crippen LogP contribution is -2.22. The van der Waals surface area contributed by atoms with Crippen LogP contribution in [0.1, 0.15) is 24.6 Å². The number of nitrogens with one attached hydrogen (secondary N) is 3. The summed E-state index contributed by atoms with van der Waals surface area (Å²) in [5.74, 6) is 4.57. The van der Waals surface area contributed by atoms with Crippen LogP contribution in [0.15, 0.2) is 48.7 Å². The van der Waals surface area contributed by atoms with Gasteiger partial charge in [0.15, 0.2) is 0 Å². The van der Waals surface area contributed by atoms with Gasteiger partial charge in [0.25, 0.3) is 0 Å². The highest BCUT2D eigenvalue weighted by atomic mass is 35.5. The molecule has 0 unspecified atom stereocenters. The molecule has 11 heteroatoms. The van der Waals surface area contributed by atoms with Crippen molar-refractivity contribution >= 4 is 29.1 Å². The number of carbonyl (C=O) groups excluding carboxylic acids is 2. The van der Waals surface area contributed by atoms with Crippen molar-refractivity contribution in [2.75, 3.05) is 18.5 Å². The molecule has 0 aliphatic rings. The van der Waals surface area contributed by atoms with Crippen LogP contribution >= 0.6 is 11.6 Å². The first-order valence-electron chi connectivity index (χ1n) is 10.3. The van der Waals surface area contributed by atoms with Crippen molar-refractivity contribution in [1.29, 1.82) is 0 Å². The zero-order chi connectivity index (χ0) is 25.4. The summed E-state index contributed by atoms with van der Waals surface area (Å²) in [5.41, 5.74) is 0.0719. The van der Waals surface area contributed by atoms with Crippen LogP contribution in [0.4, 0.5) is 18.9 Å². The number of benzene rings is 2. The molecule has 0 bridgehead atoms. The molecular formula is C24H20ClF3N4O3. The average molecular weight is 505 g/mol. The molecular weight excluding hydrogens is 485 g/mol. The van der Waals surface area contributed by atoms with E-state index < -0.39 is 17.8 Å². The molecule has 3 aromatic rings. The van der Waals surface area contributed by atoms with Gasteiger partial charge in [-0.25, -0.2) is 4.98 Å². The number of hydrogen-bond donors (Lipinski definition) is 3. The van der Waals surface area contributed by atoms with E-state index in [4.69, 9.17) is 16.3 Å². The predicted octanol–water partition coefficient (Wildman–Crippen LogP) is 4.64. The van der Waals surface area contributed by atoms with Crippen molar-refractivity contribution in [3.8, 4) is 29.0 Å². The topological polar surface area (TPSA) is 96.1 Å². The number of amides is 2. The molecule has 2 aromatic carbocycles. The fourth-order valence-corrected chi connectivity index (χ4v) is 2.97. The van der Waals surface area contributed by atoms with Crippen molar-refractivity contribution in [2.45, 2.75) is 19.5 Å². The van der Waals surface area contributed by atoms with E-state index in [9.17, 15) is 22.8 Å². The normalized spacial score (nSPS) is 10.8. The van der Waals surface area contributed by atoms with E-state index in [1.54, 1.807) is 24.3 Å². The summed E-state index contributed by atoms with van der Waals surface area (Å²) in [6, 6.07) is 11.0. The number of halogens is 4. The van der Waals surface area contributed by atoms with Crippen LogP contribution in [-0.2, 0) is 15.8 Å². The molecule has 35 heavy (non-hydrogen) atoms. The summed E-state index contributed by atoms with van der Waals surface area (Å²) >= 11 is 5.84. The van der Waals surface area contributed by atoms with Crippen LogP contribution in [0.5, 0.6) is 5.75 Å². The van der Waals surface area contributed by atoms with Gasteiger partial charge in [-0.1, -0.05) is 17.5 Å². The molecule has 0 radical (unpaired) electrons. The fraction of sp³-hybridized carbons (Fsp3) is 0.208. The third-order valence-electron chi connectivity index (χ3n) is 4.50. The van der Waals surface area contributed by atoms with Crippen LogP contribution in [0, 0.1) is 11.8 Å². The van der Waals surface area contributed by atoms with Crippen molar-refractivity contribution < 1.29 is 27.5 Å². The molecule has 0 saturated carbocycles. The first kappa shape index (κ1) is 25.6. The van der Waals surface area contributed by atoms with Crippen LogP contribution in [0.3, 0.4) is 0 Å². The van der Waals surface area contributed by atoms with Gasteiger partial charge in [-0.15, -0.1) is 0 Å². The Morgan fingerprint density at radius 2 is 1.91 bits per heavy atom. The summed E-state index contributed by atoms with van der Waals surface area (Å²) < 4.78 is 44.5. The lowest BCUT2D eigenvalue weighted by atomic mass is 10.1. The Bertz CT molecular complexity index is 1260.